The Labute approximate surface area is 228 Å². The molecule has 0 aliphatic rings. The maximum absolute atomic E-state index is 10.8. The van der Waals surface area contributed by atoms with E-state index in [0.29, 0.717) is 33.9 Å². The van der Waals surface area contributed by atoms with Crippen LogP contribution < -0.4 is 0 Å². The molecule has 190 valence electrons. The zero-order valence-corrected chi connectivity index (χ0v) is 20.7. The van der Waals surface area contributed by atoms with Crippen LogP contribution >= 0.6 is 0 Å². The highest BCUT2D eigenvalue weighted by atomic mass is 16.6. The number of nitro groups is 2. The van der Waals surface area contributed by atoms with Crippen molar-refractivity contribution in [3.8, 4) is 46.5 Å². The van der Waals surface area contributed by atoms with Crippen molar-refractivity contribution in [3.05, 3.63) is 146 Å². The number of non-ortho nitro benzene ring substituents is 2. The van der Waals surface area contributed by atoms with E-state index in [1.807, 2.05) is 30.3 Å². The van der Waals surface area contributed by atoms with E-state index >= 15 is 0 Å². The number of aromatic nitrogens is 3. The van der Waals surface area contributed by atoms with Gasteiger partial charge in [0.15, 0.2) is 0 Å². The molecule has 0 fully saturated rings. The van der Waals surface area contributed by atoms with Crippen molar-refractivity contribution in [2.24, 2.45) is 0 Å². The Morgan fingerprint density at radius 2 is 0.900 bits per heavy atom. The first-order chi connectivity index (χ1) is 19.4. The zero-order chi connectivity index (χ0) is 27.9. The van der Waals surface area contributed by atoms with Crippen LogP contribution in [-0.2, 0) is 0 Å². The minimum absolute atomic E-state index is 0.0132. The summed E-state index contributed by atoms with van der Waals surface area (Å²) < 4.78 is 0. The molecular formula is C31H17N5O4. The molecule has 0 atom stereocenters. The molecule has 0 spiro atoms. The van der Waals surface area contributed by atoms with E-state index < -0.39 is 9.85 Å². The van der Waals surface area contributed by atoms with E-state index in [0.717, 1.165) is 11.1 Å². The van der Waals surface area contributed by atoms with Crippen LogP contribution in [0.25, 0.3) is 22.8 Å². The van der Waals surface area contributed by atoms with Crippen LogP contribution in [0.15, 0.2) is 103 Å². The second-order valence-electron chi connectivity index (χ2n) is 8.38. The summed E-state index contributed by atoms with van der Waals surface area (Å²) in [6.45, 7) is 0. The molecule has 0 N–H and O–H groups in total. The average molecular weight is 524 g/mol. The molecule has 9 nitrogen and oxygen atoms in total. The molecule has 0 aliphatic heterocycles. The number of hydrogen-bond donors (Lipinski definition) is 0. The van der Waals surface area contributed by atoms with Gasteiger partial charge in [-0.25, -0.2) is 4.98 Å². The lowest BCUT2D eigenvalue weighted by Gasteiger charge is -2.05. The standard InChI is InChI=1S/C31H17N5O4/c37-35(38)26-12-8-22(9-13-26)4-6-24-16-18-32-30(20-24)28-2-1-3-29(34-28)31-21-25(17-19-33-31)7-5-23-10-14-27(15-11-23)36(39)40/h1-3,8-21H. The van der Waals surface area contributed by atoms with Crippen LogP contribution in [0.1, 0.15) is 22.3 Å². The maximum atomic E-state index is 10.8. The molecule has 2 aromatic carbocycles. The molecule has 3 heterocycles. The molecule has 0 radical (unpaired) electrons. The Hall–Kier alpha value is -6.19. The van der Waals surface area contributed by atoms with E-state index in [9.17, 15) is 20.2 Å². The fraction of sp³-hybridized carbons (Fsp3) is 0. The molecule has 5 rings (SSSR count). The first-order valence-electron chi connectivity index (χ1n) is 11.9. The second kappa shape index (κ2) is 11.5. The lowest BCUT2D eigenvalue weighted by Crippen LogP contribution is -1.93. The third kappa shape index (κ3) is 6.20. The van der Waals surface area contributed by atoms with Gasteiger partial charge in [-0.05, 0) is 60.7 Å². The molecule has 0 aliphatic carbocycles. The quantitative estimate of drug-likeness (QED) is 0.165. The Kier molecular flexibility index (Phi) is 7.30. The number of rotatable bonds is 4. The van der Waals surface area contributed by atoms with Gasteiger partial charge >= 0.3 is 0 Å². The van der Waals surface area contributed by atoms with Gasteiger partial charge < -0.3 is 0 Å². The van der Waals surface area contributed by atoms with Gasteiger partial charge in [0.1, 0.15) is 0 Å². The highest BCUT2D eigenvalue weighted by molar-refractivity contribution is 5.64. The molecule has 0 saturated heterocycles. The van der Waals surface area contributed by atoms with Crippen LogP contribution in [0, 0.1) is 43.9 Å². The lowest BCUT2D eigenvalue weighted by atomic mass is 10.1. The van der Waals surface area contributed by atoms with Crippen molar-refractivity contribution >= 4 is 11.4 Å². The summed E-state index contributed by atoms with van der Waals surface area (Å²) in [7, 11) is 0. The van der Waals surface area contributed by atoms with Crippen molar-refractivity contribution in [1.29, 1.82) is 0 Å². The van der Waals surface area contributed by atoms with E-state index in [1.165, 1.54) is 24.3 Å². The summed E-state index contributed by atoms with van der Waals surface area (Å²) in [6.07, 6.45) is 3.30. The van der Waals surface area contributed by atoms with E-state index in [2.05, 4.69) is 33.6 Å². The normalized spacial score (nSPS) is 10.0. The maximum Gasteiger partial charge on any atom is 0.269 e. The number of nitrogens with zero attached hydrogens (tertiary/aromatic N) is 5. The van der Waals surface area contributed by atoms with Gasteiger partial charge in [0.25, 0.3) is 11.4 Å². The van der Waals surface area contributed by atoms with Gasteiger partial charge in [-0.3, -0.25) is 30.2 Å². The molecule has 9 heteroatoms. The lowest BCUT2D eigenvalue weighted by molar-refractivity contribution is -0.385. The van der Waals surface area contributed by atoms with Crippen LogP contribution in [0.4, 0.5) is 11.4 Å². The SMILES string of the molecule is O=[N+]([O-])c1ccc(C#Cc2ccnc(-c3cccc(-c4cc(C#Cc5ccc([N+](=O)[O-])cc5)ccn4)n3)c2)cc1. The number of hydrogen-bond acceptors (Lipinski definition) is 7. The molecule has 3 aromatic heterocycles. The van der Waals surface area contributed by atoms with Crippen molar-refractivity contribution in [2.45, 2.75) is 0 Å². The predicted molar refractivity (Wildman–Crippen MR) is 149 cm³/mol. The smallest absolute Gasteiger partial charge is 0.258 e. The van der Waals surface area contributed by atoms with Crippen molar-refractivity contribution < 1.29 is 9.85 Å². The topological polar surface area (TPSA) is 125 Å². The van der Waals surface area contributed by atoms with E-state index in [-0.39, 0.29) is 11.4 Å². The Bertz CT molecular complexity index is 1730. The van der Waals surface area contributed by atoms with Gasteiger partial charge in [0.2, 0.25) is 0 Å². The molecule has 0 unspecified atom stereocenters. The third-order valence-electron chi connectivity index (χ3n) is 5.65. The Morgan fingerprint density at radius 3 is 1.30 bits per heavy atom. The minimum atomic E-state index is -0.450. The first-order valence-corrected chi connectivity index (χ1v) is 11.9. The molecule has 0 amide bonds. The second-order valence-corrected chi connectivity index (χ2v) is 8.38. The van der Waals surface area contributed by atoms with Gasteiger partial charge in [-0.1, -0.05) is 29.7 Å². The monoisotopic (exact) mass is 523 g/mol. The summed E-state index contributed by atoms with van der Waals surface area (Å²) in [5.41, 5.74) is 5.32. The Morgan fingerprint density at radius 1 is 0.500 bits per heavy atom. The largest absolute Gasteiger partial charge is 0.269 e. The summed E-state index contributed by atoms with van der Waals surface area (Å²) >= 11 is 0. The van der Waals surface area contributed by atoms with E-state index in [4.69, 9.17) is 4.98 Å². The molecule has 0 saturated carbocycles. The van der Waals surface area contributed by atoms with Gasteiger partial charge in [-0.2, -0.15) is 0 Å². The Balaban J connectivity index is 1.36. The van der Waals surface area contributed by atoms with Crippen molar-refractivity contribution in [3.63, 3.8) is 0 Å². The van der Waals surface area contributed by atoms with Crippen molar-refractivity contribution in [2.75, 3.05) is 0 Å². The highest BCUT2D eigenvalue weighted by Gasteiger charge is 2.08. The van der Waals surface area contributed by atoms with Gasteiger partial charge in [0.05, 0.1) is 32.6 Å². The fourth-order valence-corrected chi connectivity index (χ4v) is 3.64. The molecule has 5 aromatic rings. The average Bonchev–Trinajstić information content (AvgIpc) is 3.00. The van der Waals surface area contributed by atoms with Gasteiger partial charge in [0, 0.05) is 58.9 Å². The summed E-state index contributed by atoms with van der Waals surface area (Å²) in [5, 5.41) is 21.7. The summed E-state index contributed by atoms with van der Waals surface area (Å²) in [6, 6.07) is 24.9. The van der Waals surface area contributed by atoms with Crippen LogP contribution in [0.2, 0.25) is 0 Å². The summed E-state index contributed by atoms with van der Waals surface area (Å²) in [5.74, 6) is 12.1. The molecular weight excluding hydrogens is 506 g/mol. The number of nitro benzene ring substituents is 2. The van der Waals surface area contributed by atoms with Crippen LogP contribution in [-0.4, -0.2) is 24.8 Å². The molecule has 40 heavy (non-hydrogen) atoms. The third-order valence-corrected chi connectivity index (χ3v) is 5.65. The highest BCUT2D eigenvalue weighted by Crippen LogP contribution is 2.21. The number of pyridine rings is 3. The van der Waals surface area contributed by atoms with Gasteiger partial charge in [-0.15, -0.1) is 0 Å². The van der Waals surface area contributed by atoms with Crippen LogP contribution in [0.5, 0.6) is 0 Å². The van der Waals surface area contributed by atoms with Crippen LogP contribution in [0.3, 0.4) is 0 Å². The fourth-order valence-electron chi connectivity index (χ4n) is 3.64. The number of benzene rings is 2. The minimum Gasteiger partial charge on any atom is -0.258 e. The summed E-state index contributed by atoms with van der Waals surface area (Å²) in [4.78, 5) is 34.4. The zero-order valence-electron chi connectivity index (χ0n) is 20.7. The predicted octanol–water partition coefficient (Wildman–Crippen LogP) is 5.82. The van der Waals surface area contributed by atoms with E-state index in [1.54, 1.807) is 48.8 Å². The molecule has 0 bridgehead atoms. The van der Waals surface area contributed by atoms with Crippen molar-refractivity contribution in [1.82, 2.24) is 15.0 Å². The first kappa shape index (κ1) is 25.5.